The number of carbonyl (C=O) groups excluding carboxylic acids is 1. The molecule has 0 unspecified atom stereocenters. The van der Waals surface area contributed by atoms with Crippen molar-refractivity contribution in [3.8, 4) is 11.5 Å². The van der Waals surface area contributed by atoms with Crippen LogP contribution in [0.4, 0.5) is 5.13 Å². The lowest BCUT2D eigenvalue weighted by Crippen LogP contribution is -2.07. The molecule has 6 nitrogen and oxygen atoms in total. The summed E-state index contributed by atoms with van der Waals surface area (Å²) < 4.78 is 11.2. The maximum absolute atomic E-state index is 11.9. The molecular formula is C15H14ClN3O3S. The second-order valence-corrected chi connectivity index (χ2v) is 6.42. The summed E-state index contributed by atoms with van der Waals surface area (Å²) in [5, 5.41) is 12.0. The summed E-state index contributed by atoms with van der Waals surface area (Å²) in [7, 11) is 0. The molecule has 1 aliphatic rings. The van der Waals surface area contributed by atoms with Crippen LogP contribution >= 0.6 is 22.9 Å². The minimum Gasteiger partial charge on any atom is -0.489 e. The molecule has 1 aromatic heterocycles. The number of carbonyl (C=O) groups is 1. The zero-order valence-electron chi connectivity index (χ0n) is 12.3. The highest BCUT2D eigenvalue weighted by Gasteiger charge is 2.15. The monoisotopic (exact) mass is 351 g/mol. The van der Waals surface area contributed by atoms with Crippen molar-refractivity contribution in [1.82, 2.24) is 10.2 Å². The van der Waals surface area contributed by atoms with Crippen molar-refractivity contribution in [3.63, 3.8) is 0 Å². The van der Waals surface area contributed by atoms with Crippen molar-refractivity contribution in [1.29, 1.82) is 0 Å². The van der Waals surface area contributed by atoms with E-state index in [9.17, 15) is 4.79 Å². The van der Waals surface area contributed by atoms with Crippen LogP contribution in [0.3, 0.4) is 0 Å². The Bertz CT molecular complexity index is 760. The fourth-order valence-corrected chi connectivity index (χ4v) is 2.88. The van der Waals surface area contributed by atoms with E-state index in [1.165, 1.54) is 17.4 Å². The second kappa shape index (κ2) is 6.97. The first-order valence-corrected chi connectivity index (χ1v) is 8.19. The highest BCUT2D eigenvalue weighted by atomic mass is 35.5. The van der Waals surface area contributed by atoms with E-state index in [1.54, 1.807) is 18.2 Å². The van der Waals surface area contributed by atoms with Crippen LogP contribution < -0.4 is 14.8 Å². The Morgan fingerprint density at radius 1 is 1.35 bits per heavy atom. The van der Waals surface area contributed by atoms with Crippen LogP contribution in [0.5, 0.6) is 11.5 Å². The smallest absolute Gasteiger partial charge is 0.250 e. The number of hydrogen-bond acceptors (Lipinski definition) is 6. The van der Waals surface area contributed by atoms with Crippen molar-refractivity contribution in [3.05, 3.63) is 33.8 Å². The molecule has 23 heavy (non-hydrogen) atoms. The van der Waals surface area contributed by atoms with Crippen LogP contribution in [0.15, 0.2) is 18.2 Å². The molecule has 0 radical (unpaired) electrons. The van der Waals surface area contributed by atoms with Crippen LogP contribution in [0.1, 0.15) is 17.0 Å². The molecule has 120 valence electrons. The quantitative estimate of drug-likeness (QED) is 0.859. The first kappa shape index (κ1) is 15.8. The van der Waals surface area contributed by atoms with Gasteiger partial charge < -0.3 is 9.47 Å². The lowest BCUT2D eigenvalue weighted by atomic mass is 10.2. The SMILES string of the molecule is Cc1nnc(NC(=O)/C=C\c2cc(Cl)c3c(c2)OCCCO3)s1. The number of aryl methyl sites for hydroxylation is 1. The molecule has 2 heterocycles. The van der Waals surface area contributed by atoms with Gasteiger partial charge in [0.2, 0.25) is 11.0 Å². The van der Waals surface area contributed by atoms with E-state index in [2.05, 4.69) is 15.5 Å². The molecule has 1 aromatic carbocycles. The van der Waals surface area contributed by atoms with Crippen LogP contribution in [0.2, 0.25) is 5.02 Å². The van der Waals surface area contributed by atoms with Gasteiger partial charge in [0.1, 0.15) is 5.01 Å². The maximum Gasteiger partial charge on any atom is 0.250 e. The highest BCUT2D eigenvalue weighted by molar-refractivity contribution is 7.15. The van der Waals surface area contributed by atoms with E-state index >= 15 is 0 Å². The summed E-state index contributed by atoms with van der Waals surface area (Å²) in [6.07, 6.45) is 3.87. The Morgan fingerprint density at radius 3 is 2.96 bits per heavy atom. The molecule has 0 bridgehead atoms. The zero-order chi connectivity index (χ0) is 16.2. The van der Waals surface area contributed by atoms with Gasteiger partial charge in [0.15, 0.2) is 11.5 Å². The predicted molar refractivity (Wildman–Crippen MR) is 89.4 cm³/mol. The lowest BCUT2D eigenvalue weighted by Gasteiger charge is -2.09. The first-order chi connectivity index (χ1) is 11.1. The van der Waals surface area contributed by atoms with E-state index in [4.69, 9.17) is 21.1 Å². The topological polar surface area (TPSA) is 73.3 Å². The molecule has 0 saturated heterocycles. The van der Waals surface area contributed by atoms with Crippen LogP contribution in [0.25, 0.3) is 6.08 Å². The van der Waals surface area contributed by atoms with E-state index in [0.717, 1.165) is 17.0 Å². The number of fused-ring (bicyclic) bond motifs is 1. The average molecular weight is 352 g/mol. The number of benzene rings is 1. The Labute approximate surface area is 142 Å². The van der Waals surface area contributed by atoms with E-state index in [1.807, 2.05) is 6.92 Å². The molecule has 0 spiro atoms. The maximum atomic E-state index is 11.9. The minimum absolute atomic E-state index is 0.288. The minimum atomic E-state index is -0.288. The molecule has 1 N–H and O–H groups in total. The number of nitrogens with zero attached hydrogens (tertiary/aromatic N) is 2. The van der Waals surface area contributed by atoms with E-state index in [-0.39, 0.29) is 5.91 Å². The number of amides is 1. The summed E-state index contributed by atoms with van der Waals surface area (Å²) in [6.45, 7) is 2.97. The summed E-state index contributed by atoms with van der Waals surface area (Å²) in [6, 6.07) is 3.53. The van der Waals surface area contributed by atoms with Crippen molar-refractivity contribution in [2.75, 3.05) is 18.5 Å². The fourth-order valence-electron chi connectivity index (χ4n) is 2.01. The molecule has 2 aromatic rings. The van der Waals surface area contributed by atoms with Crippen LogP contribution in [-0.4, -0.2) is 29.3 Å². The summed E-state index contributed by atoms with van der Waals surface area (Å²) in [5.74, 6) is 0.856. The third-order valence-corrected chi connectivity index (χ3v) is 4.04. The van der Waals surface area contributed by atoms with Crippen molar-refractivity contribution >= 4 is 40.1 Å². The molecule has 1 amide bonds. The first-order valence-electron chi connectivity index (χ1n) is 7.00. The van der Waals surface area contributed by atoms with E-state index in [0.29, 0.717) is 34.9 Å². The number of aromatic nitrogens is 2. The largest absolute Gasteiger partial charge is 0.489 e. The molecule has 0 saturated carbocycles. The third kappa shape index (κ3) is 4.00. The van der Waals surface area contributed by atoms with Crippen LogP contribution in [-0.2, 0) is 4.79 Å². The predicted octanol–water partition coefficient (Wildman–Crippen LogP) is 3.31. The molecule has 1 aliphatic heterocycles. The number of nitrogens with one attached hydrogen (secondary N) is 1. The van der Waals surface area contributed by atoms with Gasteiger partial charge in [0.05, 0.1) is 18.2 Å². The van der Waals surface area contributed by atoms with Gasteiger partial charge in [-0.25, -0.2) is 0 Å². The standard InChI is InChI=1S/C15H14ClN3O3S/c1-9-18-19-15(23-9)17-13(20)4-3-10-7-11(16)14-12(8-10)21-5-2-6-22-14/h3-4,7-8H,2,5-6H2,1H3,(H,17,19,20)/b4-3-. The van der Waals surface area contributed by atoms with Gasteiger partial charge in [0, 0.05) is 12.5 Å². The fraction of sp³-hybridized carbons (Fsp3) is 0.267. The van der Waals surface area contributed by atoms with Gasteiger partial charge >= 0.3 is 0 Å². The van der Waals surface area contributed by atoms with Crippen LogP contribution in [0, 0.1) is 6.92 Å². The van der Waals surface area contributed by atoms with Gasteiger partial charge in [-0.3, -0.25) is 10.1 Å². The highest BCUT2D eigenvalue weighted by Crippen LogP contribution is 2.38. The van der Waals surface area contributed by atoms with Gasteiger partial charge in [-0.05, 0) is 30.7 Å². The van der Waals surface area contributed by atoms with E-state index < -0.39 is 0 Å². The number of anilines is 1. The van der Waals surface area contributed by atoms with Crippen molar-refractivity contribution in [2.45, 2.75) is 13.3 Å². The summed E-state index contributed by atoms with van der Waals surface area (Å²) in [5.41, 5.74) is 0.753. The number of ether oxygens (including phenoxy) is 2. The Hall–Kier alpha value is -2.12. The van der Waals surface area contributed by atoms with Gasteiger partial charge in [0.25, 0.3) is 0 Å². The number of hydrogen-bond donors (Lipinski definition) is 1. The Balaban J connectivity index is 1.73. The third-order valence-electron chi connectivity index (χ3n) is 3.01. The molecule has 0 atom stereocenters. The van der Waals surface area contributed by atoms with Crippen molar-refractivity contribution < 1.29 is 14.3 Å². The number of halogens is 1. The molecule has 0 aliphatic carbocycles. The second-order valence-electron chi connectivity index (χ2n) is 4.83. The van der Waals surface area contributed by atoms with Crippen molar-refractivity contribution in [2.24, 2.45) is 0 Å². The lowest BCUT2D eigenvalue weighted by molar-refractivity contribution is -0.111. The molecular weight excluding hydrogens is 338 g/mol. The normalized spacial score (nSPS) is 13.8. The summed E-state index contributed by atoms with van der Waals surface area (Å²) >= 11 is 7.53. The van der Waals surface area contributed by atoms with Gasteiger partial charge in [-0.15, -0.1) is 10.2 Å². The molecule has 8 heteroatoms. The summed E-state index contributed by atoms with van der Waals surface area (Å²) in [4.78, 5) is 11.9. The van der Waals surface area contributed by atoms with Gasteiger partial charge in [-0.1, -0.05) is 22.9 Å². The Morgan fingerprint density at radius 2 is 2.17 bits per heavy atom. The Kier molecular flexibility index (Phi) is 4.78. The molecule has 0 fully saturated rings. The molecule has 3 rings (SSSR count). The zero-order valence-corrected chi connectivity index (χ0v) is 13.9. The average Bonchev–Trinajstić information content (AvgIpc) is 2.78. The van der Waals surface area contributed by atoms with Gasteiger partial charge in [-0.2, -0.15) is 0 Å². The number of rotatable bonds is 3.